The summed E-state index contributed by atoms with van der Waals surface area (Å²) in [7, 11) is 0. The summed E-state index contributed by atoms with van der Waals surface area (Å²) in [6.45, 7) is 4.52. The van der Waals surface area contributed by atoms with Crippen molar-refractivity contribution in [2.75, 3.05) is 13.2 Å². The van der Waals surface area contributed by atoms with Crippen LogP contribution in [-0.4, -0.2) is 34.6 Å². The molecule has 0 spiro atoms. The third-order valence-electron chi connectivity index (χ3n) is 2.94. The third kappa shape index (κ3) is 5.84. The number of benzene rings is 1. The van der Waals surface area contributed by atoms with Gasteiger partial charge < -0.3 is 15.2 Å². The molecule has 0 amide bonds. The van der Waals surface area contributed by atoms with Gasteiger partial charge in [0.2, 0.25) is 0 Å². The van der Waals surface area contributed by atoms with E-state index in [1.807, 2.05) is 56.3 Å². The maximum atomic E-state index is 9.88. The molecular weight excluding hydrogens is 310 g/mol. The summed E-state index contributed by atoms with van der Waals surface area (Å²) in [5.41, 5.74) is 0.939. The largest absolute Gasteiger partial charge is 0.490 e. The first-order valence-corrected chi connectivity index (χ1v) is 8.23. The summed E-state index contributed by atoms with van der Waals surface area (Å²) in [5, 5.41) is 22.7. The lowest BCUT2D eigenvalue weighted by molar-refractivity contribution is 0.109. The van der Waals surface area contributed by atoms with E-state index in [1.54, 1.807) is 6.20 Å². The number of hydrogen-bond acceptors (Lipinski definition) is 6. The van der Waals surface area contributed by atoms with Crippen molar-refractivity contribution in [3.05, 3.63) is 52.1 Å². The maximum absolute atomic E-state index is 9.88. The highest BCUT2D eigenvalue weighted by atomic mass is 32.1. The smallest absolute Gasteiger partial charge is 0.140 e. The van der Waals surface area contributed by atoms with Crippen LogP contribution >= 0.6 is 11.3 Å². The van der Waals surface area contributed by atoms with E-state index in [0.29, 0.717) is 6.54 Å². The number of aliphatic hydroxyl groups is 1. The molecule has 2 N–H and O–H groups in total. The van der Waals surface area contributed by atoms with Gasteiger partial charge in [-0.2, -0.15) is 0 Å². The Morgan fingerprint density at radius 1 is 1.30 bits per heavy atom. The van der Waals surface area contributed by atoms with E-state index in [9.17, 15) is 5.11 Å². The fraction of sp³-hybridized carbons (Fsp3) is 0.294. The van der Waals surface area contributed by atoms with Crippen LogP contribution in [0.25, 0.3) is 12.2 Å². The average Bonchev–Trinajstić information content (AvgIpc) is 2.97. The molecule has 0 saturated carbocycles. The van der Waals surface area contributed by atoms with Gasteiger partial charge in [-0.1, -0.05) is 35.6 Å². The average molecular weight is 331 g/mol. The van der Waals surface area contributed by atoms with Crippen molar-refractivity contribution < 1.29 is 9.84 Å². The molecule has 122 valence electrons. The highest BCUT2D eigenvalue weighted by molar-refractivity contribution is 7.12. The Morgan fingerprint density at radius 2 is 2.13 bits per heavy atom. The molecule has 0 aliphatic rings. The molecular formula is C17H21N3O2S. The molecule has 1 aromatic heterocycles. The van der Waals surface area contributed by atoms with E-state index in [4.69, 9.17) is 4.74 Å². The number of para-hydroxylation sites is 1. The number of allylic oxidation sites excluding steroid dienone is 1. The van der Waals surface area contributed by atoms with Crippen molar-refractivity contribution in [1.82, 2.24) is 15.5 Å². The number of hydrogen-bond donors (Lipinski definition) is 2. The first-order valence-electron chi connectivity index (χ1n) is 7.41. The fourth-order valence-electron chi connectivity index (χ4n) is 1.86. The zero-order valence-corrected chi connectivity index (χ0v) is 14.1. The second kappa shape index (κ2) is 9.07. The molecule has 1 aromatic carbocycles. The summed E-state index contributed by atoms with van der Waals surface area (Å²) in [4.78, 5) is 0. The maximum Gasteiger partial charge on any atom is 0.140 e. The van der Waals surface area contributed by atoms with Crippen molar-refractivity contribution in [3.8, 4) is 5.75 Å². The molecule has 5 nitrogen and oxygen atoms in total. The molecule has 0 saturated heterocycles. The van der Waals surface area contributed by atoms with Gasteiger partial charge in [-0.25, -0.2) is 0 Å². The molecule has 6 heteroatoms. The zero-order chi connectivity index (χ0) is 16.5. The van der Waals surface area contributed by atoms with Crippen LogP contribution in [0.15, 0.2) is 36.5 Å². The number of aryl methyl sites for hydroxylation is 1. The van der Waals surface area contributed by atoms with Crippen molar-refractivity contribution in [1.29, 1.82) is 0 Å². The second-order valence-electron chi connectivity index (χ2n) is 4.90. The van der Waals surface area contributed by atoms with E-state index < -0.39 is 6.10 Å². The molecule has 2 rings (SSSR count). The van der Waals surface area contributed by atoms with Gasteiger partial charge in [-0.15, -0.1) is 10.2 Å². The summed E-state index contributed by atoms with van der Waals surface area (Å²) < 4.78 is 5.73. The predicted octanol–water partition coefficient (Wildman–Crippen LogP) is 2.88. The molecule has 1 atom stereocenters. The number of ether oxygens (including phenoxy) is 1. The van der Waals surface area contributed by atoms with Gasteiger partial charge in [0.15, 0.2) is 0 Å². The Labute approximate surface area is 140 Å². The van der Waals surface area contributed by atoms with Crippen LogP contribution in [-0.2, 0) is 0 Å². The number of nitrogens with one attached hydrogen (secondary N) is 1. The van der Waals surface area contributed by atoms with E-state index in [2.05, 4.69) is 15.5 Å². The Kier molecular flexibility index (Phi) is 6.77. The number of rotatable bonds is 8. The Morgan fingerprint density at radius 3 is 2.87 bits per heavy atom. The van der Waals surface area contributed by atoms with Crippen LogP contribution < -0.4 is 10.1 Å². The van der Waals surface area contributed by atoms with Gasteiger partial charge >= 0.3 is 0 Å². The minimum Gasteiger partial charge on any atom is -0.490 e. The van der Waals surface area contributed by atoms with Crippen molar-refractivity contribution in [2.24, 2.45) is 0 Å². The number of aromatic nitrogens is 2. The minimum atomic E-state index is -0.575. The summed E-state index contributed by atoms with van der Waals surface area (Å²) in [5.74, 6) is 0.732. The summed E-state index contributed by atoms with van der Waals surface area (Å²) >= 11 is 1.54. The molecule has 0 bridgehead atoms. The Hall–Kier alpha value is -2.18. The van der Waals surface area contributed by atoms with Crippen molar-refractivity contribution in [3.63, 3.8) is 0 Å². The number of aliphatic hydroxyl groups excluding tert-OH is 1. The Bertz CT molecular complexity index is 667. The number of nitrogens with zero attached hydrogens (tertiary/aromatic N) is 2. The van der Waals surface area contributed by atoms with E-state index in [1.165, 1.54) is 11.3 Å². The van der Waals surface area contributed by atoms with Gasteiger partial charge in [-0.3, -0.25) is 0 Å². The van der Waals surface area contributed by atoms with Crippen LogP contribution in [0.4, 0.5) is 0 Å². The Balaban J connectivity index is 1.96. The molecule has 0 fully saturated rings. The molecule has 0 aliphatic heterocycles. The van der Waals surface area contributed by atoms with Gasteiger partial charge in [-0.05, 0) is 38.3 Å². The fourth-order valence-corrected chi connectivity index (χ4v) is 2.46. The van der Waals surface area contributed by atoms with Gasteiger partial charge in [0.25, 0.3) is 0 Å². The lowest BCUT2D eigenvalue weighted by Gasteiger charge is -2.13. The van der Waals surface area contributed by atoms with Crippen molar-refractivity contribution in [2.45, 2.75) is 20.0 Å². The second-order valence-corrected chi connectivity index (χ2v) is 6.12. The van der Waals surface area contributed by atoms with E-state index >= 15 is 0 Å². The standard InChI is InChI=1S/C17H21N3O2S/c1-3-10-18-11-15(21)12-22-16-7-5-4-6-14(16)8-9-17-20-19-13(2)23-17/h3-10,15,18,21H,11-12H2,1-2H3. The first kappa shape index (κ1) is 17.2. The zero-order valence-electron chi connectivity index (χ0n) is 13.3. The van der Waals surface area contributed by atoms with Crippen LogP contribution in [0, 0.1) is 6.92 Å². The lowest BCUT2D eigenvalue weighted by atomic mass is 10.2. The summed E-state index contributed by atoms with van der Waals surface area (Å²) in [6, 6.07) is 7.70. The van der Waals surface area contributed by atoms with E-state index in [0.717, 1.165) is 21.3 Å². The predicted molar refractivity (Wildman–Crippen MR) is 94.3 cm³/mol. The third-order valence-corrected chi connectivity index (χ3v) is 3.74. The monoisotopic (exact) mass is 331 g/mol. The molecule has 23 heavy (non-hydrogen) atoms. The van der Waals surface area contributed by atoms with Crippen LogP contribution in [0.3, 0.4) is 0 Å². The van der Waals surface area contributed by atoms with Crippen LogP contribution in [0.2, 0.25) is 0 Å². The lowest BCUT2D eigenvalue weighted by Crippen LogP contribution is -2.28. The molecule has 2 aromatic rings. The van der Waals surface area contributed by atoms with Gasteiger partial charge in [0.1, 0.15) is 28.5 Å². The molecule has 1 unspecified atom stereocenters. The molecule has 0 aliphatic carbocycles. The summed E-state index contributed by atoms with van der Waals surface area (Å²) in [6.07, 6.45) is 6.96. The SMILES string of the molecule is CC=CNCC(O)COc1ccccc1C=Cc1nnc(C)s1. The minimum absolute atomic E-state index is 0.229. The highest BCUT2D eigenvalue weighted by Crippen LogP contribution is 2.21. The van der Waals surface area contributed by atoms with Crippen molar-refractivity contribution >= 4 is 23.5 Å². The van der Waals surface area contributed by atoms with Gasteiger partial charge in [0.05, 0.1) is 0 Å². The quantitative estimate of drug-likeness (QED) is 0.778. The molecule has 1 heterocycles. The topological polar surface area (TPSA) is 67.3 Å². The van der Waals surface area contributed by atoms with Crippen LogP contribution in [0.1, 0.15) is 22.5 Å². The first-order chi connectivity index (χ1) is 11.2. The van der Waals surface area contributed by atoms with Gasteiger partial charge in [0, 0.05) is 12.1 Å². The molecule has 0 radical (unpaired) electrons. The normalized spacial score (nSPS) is 12.8. The van der Waals surface area contributed by atoms with Crippen LogP contribution in [0.5, 0.6) is 5.75 Å². The highest BCUT2D eigenvalue weighted by Gasteiger charge is 2.06. The van der Waals surface area contributed by atoms with E-state index in [-0.39, 0.29) is 6.61 Å².